The molecule has 2 rings (SSSR count). The second-order valence-electron chi connectivity index (χ2n) is 7.23. The molecule has 0 heterocycles. The first-order chi connectivity index (χ1) is 9.70. The molecule has 0 amide bonds. The van der Waals surface area contributed by atoms with E-state index >= 15 is 0 Å². The van der Waals surface area contributed by atoms with Crippen molar-refractivity contribution >= 4 is 5.97 Å². The quantitative estimate of drug-likeness (QED) is 0.585. The van der Waals surface area contributed by atoms with Gasteiger partial charge in [0.2, 0.25) is 0 Å². The van der Waals surface area contributed by atoms with Gasteiger partial charge in [0.25, 0.3) is 0 Å². The predicted octanol–water partition coefficient (Wildman–Crippen LogP) is 5.26. The van der Waals surface area contributed by atoms with Crippen LogP contribution in [0.5, 0.6) is 0 Å². The van der Waals surface area contributed by atoms with E-state index in [1.165, 1.54) is 57.8 Å². The molecule has 2 aliphatic rings. The molecule has 0 saturated heterocycles. The van der Waals surface area contributed by atoms with Gasteiger partial charge in [-0.3, -0.25) is 4.79 Å². The van der Waals surface area contributed by atoms with E-state index in [1.807, 2.05) is 0 Å². The van der Waals surface area contributed by atoms with Crippen LogP contribution in [0.15, 0.2) is 0 Å². The molecule has 2 fully saturated rings. The molecule has 2 heteroatoms. The number of fused-ring (bicyclic) bond motifs is 1. The van der Waals surface area contributed by atoms with Crippen LogP contribution in [0.25, 0.3) is 0 Å². The first-order valence-electron chi connectivity index (χ1n) is 8.92. The number of carbonyl (C=O) groups is 1. The topological polar surface area (TPSA) is 37.3 Å². The number of aliphatic carboxylic acids is 1. The van der Waals surface area contributed by atoms with Gasteiger partial charge in [-0.05, 0) is 55.8 Å². The summed E-state index contributed by atoms with van der Waals surface area (Å²) in [6, 6.07) is 0. The van der Waals surface area contributed by atoms with Gasteiger partial charge >= 0.3 is 5.97 Å². The van der Waals surface area contributed by atoms with Gasteiger partial charge in [0.05, 0.1) is 0 Å². The van der Waals surface area contributed by atoms with Crippen molar-refractivity contribution in [3.8, 4) is 0 Å². The van der Waals surface area contributed by atoms with Gasteiger partial charge in [-0.15, -0.1) is 0 Å². The van der Waals surface area contributed by atoms with Crippen molar-refractivity contribution in [3.63, 3.8) is 0 Å². The van der Waals surface area contributed by atoms with Crippen molar-refractivity contribution in [2.24, 2.45) is 23.7 Å². The van der Waals surface area contributed by atoms with E-state index in [9.17, 15) is 4.79 Å². The van der Waals surface area contributed by atoms with E-state index in [2.05, 4.69) is 6.92 Å². The Hall–Kier alpha value is -0.530. The first-order valence-corrected chi connectivity index (χ1v) is 8.92. The maximum Gasteiger partial charge on any atom is 0.303 e. The van der Waals surface area contributed by atoms with E-state index < -0.39 is 5.97 Å². The van der Waals surface area contributed by atoms with Crippen molar-refractivity contribution in [1.82, 2.24) is 0 Å². The highest BCUT2D eigenvalue weighted by Crippen LogP contribution is 2.52. The summed E-state index contributed by atoms with van der Waals surface area (Å²) in [7, 11) is 0. The standard InChI is InChI=1S/C18H32O2/c1-2-3-8-15-10-11-16-12-14(13-17(15)16)7-5-4-6-9-18(19)20/h14-17H,2-13H2,1H3,(H,19,20). The van der Waals surface area contributed by atoms with Crippen molar-refractivity contribution in [2.45, 2.75) is 84.0 Å². The van der Waals surface area contributed by atoms with E-state index in [0.29, 0.717) is 6.42 Å². The van der Waals surface area contributed by atoms with Crippen molar-refractivity contribution in [1.29, 1.82) is 0 Å². The van der Waals surface area contributed by atoms with Crippen LogP contribution in [0.2, 0.25) is 0 Å². The summed E-state index contributed by atoms with van der Waals surface area (Å²) in [5.74, 6) is 3.45. The maximum atomic E-state index is 10.5. The van der Waals surface area contributed by atoms with Crippen LogP contribution >= 0.6 is 0 Å². The number of carboxylic acid groups (broad SMARTS) is 1. The summed E-state index contributed by atoms with van der Waals surface area (Å²) >= 11 is 0. The molecule has 0 radical (unpaired) electrons. The molecule has 0 aliphatic heterocycles. The van der Waals surface area contributed by atoms with Crippen molar-refractivity contribution < 1.29 is 9.90 Å². The van der Waals surface area contributed by atoms with Crippen LogP contribution < -0.4 is 0 Å². The van der Waals surface area contributed by atoms with Gasteiger partial charge in [-0.1, -0.05) is 45.4 Å². The van der Waals surface area contributed by atoms with Crippen LogP contribution in [-0.4, -0.2) is 11.1 Å². The van der Waals surface area contributed by atoms with Crippen LogP contribution in [0.4, 0.5) is 0 Å². The summed E-state index contributed by atoms with van der Waals surface area (Å²) in [6.45, 7) is 2.31. The first kappa shape index (κ1) is 15.9. The summed E-state index contributed by atoms with van der Waals surface area (Å²) in [5.41, 5.74) is 0. The minimum atomic E-state index is -0.640. The summed E-state index contributed by atoms with van der Waals surface area (Å²) < 4.78 is 0. The predicted molar refractivity (Wildman–Crippen MR) is 82.7 cm³/mol. The lowest BCUT2D eigenvalue weighted by Gasteiger charge is -2.18. The third kappa shape index (κ3) is 4.49. The SMILES string of the molecule is CCCCC1CCC2CC(CCCCCC(=O)O)CC12. The van der Waals surface area contributed by atoms with Gasteiger partial charge in [-0.2, -0.15) is 0 Å². The molecule has 0 spiro atoms. The van der Waals surface area contributed by atoms with Crippen molar-refractivity contribution in [3.05, 3.63) is 0 Å². The molecule has 0 aromatic rings. The lowest BCUT2D eigenvalue weighted by atomic mass is 9.87. The minimum absolute atomic E-state index is 0.356. The zero-order valence-electron chi connectivity index (χ0n) is 13.2. The van der Waals surface area contributed by atoms with Crippen LogP contribution in [0.3, 0.4) is 0 Å². The Kier molecular flexibility index (Phi) is 6.38. The molecule has 2 saturated carbocycles. The molecule has 4 atom stereocenters. The third-order valence-corrected chi connectivity index (χ3v) is 5.79. The van der Waals surface area contributed by atoms with Gasteiger partial charge in [0, 0.05) is 6.42 Å². The van der Waals surface area contributed by atoms with Gasteiger partial charge in [-0.25, -0.2) is 0 Å². The van der Waals surface area contributed by atoms with Crippen LogP contribution in [0.1, 0.15) is 84.0 Å². The van der Waals surface area contributed by atoms with Crippen molar-refractivity contribution in [2.75, 3.05) is 0 Å². The van der Waals surface area contributed by atoms with Gasteiger partial charge < -0.3 is 5.11 Å². The Labute approximate surface area is 124 Å². The lowest BCUT2D eigenvalue weighted by Crippen LogP contribution is -2.09. The highest BCUT2D eigenvalue weighted by Gasteiger charge is 2.42. The zero-order chi connectivity index (χ0) is 14.4. The zero-order valence-corrected chi connectivity index (χ0v) is 13.2. The van der Waals surface area contributed by atoms with E-state index in [-0.39, 0.29) is 0 Å². The Morgan fingerprint density at radius 2 is 1.90 bits per heavy atom. The molecule has 0 bridgehead atoms. The largest absolute Gasteiger partial charge is 0.481 e. The lowest BCUT2D eigenvalue weighted by molar-refractivity contribution is -0.137. The van der Waals surface area contributed by atoms with Crippen LogP contribution in [-0.2, 0) is 4.79 Å². The van der Waals surface area contributed by atoms with Gasteiger partial charge in [0.1, 0.15) is 0 Å². The molecule has 1 N–H and O–H groups in total. The number of rotatable bonds is 9. The Morgan fingerprint density at radius 1 is 1.05 bits per heavy atom. The van der Waals surface area contributed by atoms with E-state index in [1.54, 1.807) is 0 Å². The molecule has 20 heavy (non-hydrogen) atoms. The summed E-state index contributed by atoms with van der Waals surface area (Å²) in [6.07, 6.45) is 15.1. The highest BCUT2D eigenvalue weighted by atomic mass is 16.4. The molecule has 4 unspecified atom stereocenters. The molecule has 0 aromatic carbocycles. The summed E-state index contributed by atoms with van der Waals surface area (Å²) in [5, 5.41) is 8.63. The maximum absolute atomic E-state index is 10.5. The normalized spacial score (nSPS) is 32.5. The smallest absolute Gasteiger partial charge is 0.303 e. The Bertz CT molecular complexity index is 300. The number of hydrogen-bond acceptors (Lipinski definition) is 1. The second kappa shape index (κ2) is 8.05. The fourth-order valence-corrected chi connectivity index (χ4v) is 4.77. The number of unbranched alkanes of at least 4 members (excludes halogenated alkanes) is 3. The third-order valence-electron chi connectivity index (χ3n) is 5.79. The number of carboxylic acids is 1. The van der Waals surface area contributed by atoms with Gasteiger partial charge in [0.15, 0.2) is 0 Å². The Morgan fingerprint density at radius 3 is 2.65 bits per heavy atom. The monoisotopic (exact) mass is 280 g/mol. The fourth-order valence-electron chi connectivity index (χ4n) is 4.77. The number of hydrogen-bond donors (Lipinski definition) is 1. The molecule has 116 valence electrons. The van der Waals surface area contributed by atoms with E-state index in [0.717, 1.165) is 36.5 Å². The summed E-state index contributed by atoms with van der Waals surface area (Å²) in [4.78, 5) is 10.5. The molecule has 2 nitrogen and oxygen atoms in total. The second-order valence-corrected chi connectivity index (χ2v) is 7.23. The fraction of sp³-hybridized carbons (Fsp3) is 0.944. The van der Waals surface area contributed by atoms with Crippen LogP contribution in [0, 0.1) is 23.7 Å². The molecular weight excluding hydrogens is 248 g/mol. The average Bonchev–Trinajstić information content (AvgIpc) is 2.96. The molecule has 0 aromatic heterocycles. The highest BCUT2D eigenvalue weighted by molar-refractivity contribution is 5.66. The van der Waals surface area contributed by atoms with E-state index in [4.69, 9.17) is 5.11 Å². The Balaban J connectivity index is 1.61. The molecular formula is C18H32O2. The minimum Gasteiger partial charge on any atom is -0.481 e. The average molecular weight is 280 g/mol. The molecule has 2 aliphatic carbocycles.